The molecule has 2 heterocycles. The minimum atomic E-state index is -1.84. The molecule has 2 aliphatic heterocycles. The molecule has 1 amide bonds. The van der Waals surface area contributed by atoms with E-state index >= 15 is 0 Å². The van der Waals surface area contributed by atoms with Gasteiger partial charge in [-0.3, -0.25) is 38.4 Å². The Labute approximate surface area is 313 Å². The van der Waals surface area contributed by atoms with Crippen molar-refractivity contribution in [2.24, 2.45) is 0 Å². The number of carbonyl (C=O) groups excluding carboxylic acids is 8. The lowest BCUT2D eigenvalue weighted by Gasteiger charge is -2.48. The molecule has 0 radical (unpaired) electrons. The van der Waals surface area contributed by atoms with Gasteiger partial charge >= 0.3 is 47.8 Å². The average Bonchev–Trinajstić information content (AvgIpc) is 3.02. The van der Waals surface area contributed by atoms with Gasteiger partial charge in [0.1, 0.15) is 43.0 Å². The summed E-state index contributed by atoms with van der Waals surface area (Å²) in [5.74, 6) is -8.06. The van der Waals surface area contributed by atoms with E-state index in [1.165, 1.54) is 0 Å². The summed E-state index contributed by atoms with van der Waals surface area (Å²) in [5, 5.41) is 11.8. The lowest BCUT2D eigenvalue weighted by atomic mass is 9.96. The molecule has 0 spiro atoms. The Morgan fingerprint density at radius 1 is 0.574 bits per heavy atom. The maximum Gasteiger partial charge on any atom is 0.326 e. The first-order valence-electron chi connectivity index (χ1n) is 16.4. The molecular formula is C32H45NO20S. The predicted octanol–water partition coefficient (Wildman–Crippen LogP) is -0.681. The van der Waals surface area contributed by atoms with E-state index in [9.17, 15) is 48.3 Å². The van der Waals surface area contributed by atoms with Gasteiger partial charge in [-0.15, -0.1) is 11.8 Å². The largest absolute Gasteiger partial charge is 0.480 e. The Morgan fingerprint density at radius 2 is 1.00 bits per heavy atom. The van der Waals surface area contributed by atoms with Crippen molar-refractivity contribution in [1.29, 1.82) is 0 Å². The van der Waals surface area contributed by atoms with Crippen LogP contribution in [-0.2, 0) is 90.5 Å². The van der Waals surface area contributed by atoms with Crippen molar-refractivity contribution in [3.05, 3.63) is 0 Å². The highest BCUT2D eigenvalue weighted by Crippen LogP contribution is 2.38. The minimum Gasteiger partial charge on any atom is -0.480 e. The van der Waals surface area contributed by atoms with Gasteiger partial charge in [0, 0.05) is 55.4 Å². The summed E-state index contributed by atoms with van der Waals surface area (Å²) in [6, 6.07) is -1.30. The molecule has 0 aromatic rings. The minimum absolute atomic E-state index is 0.0298. The second kappa shape index (κ2) is 21.4. The van der Waals surface area contributed by atoms with Crippen LogP contribution >= 0.6 is 11.8 Å². The number of carboxylic acid groups (broad SMARTS) is 1. The highest BCUT2D eigenvalue weighted by atomic mass is 32.2. The molecule has 2 rings (SSSR count). The van der Waals surface area contributed by atoms with Gasteiger partial charge in [0.2, 0.25) is 5.91 Å². The quantitative estimate of drug-likeness (QED) is 0.136. The lowest BCUT2D eigenvalue weighted by Crippen LogP contribution is -2.66. The third kappa shape index (κ3) is 14.7. The van der Waals surface area contributed by atoms with Gasteiger partial charge in [0.25, 0.3) is 0 Å². The molecule has 21 nitrogen and oxygen atoms in total. The molecule has 0 bridgehead atoms. The number of ether oxygens (including phenoxy) is 10. The smallest absolute Gasteiger partial charge is 0.326 e. The second-order valence-electron chi connectivity index (χ2n) is 11.9. The van der Waals surface area contributed by atoms with Crippen LogP contribution in [0.4, 0.5) is 0 Å². The molecule has 2 fully saturated rings. The fraction of sp³-hybridized carbons (Fsp3) is 0.719. The summed E-state index contributed by atoms with van der Waals surface area (Å²) < 4.78 is 56.3. The van der Waals surface area contributed by atoms with Crippen molar-refractivity contribution in [1.82, 2.24) is 5.32 Å². The highest BCUT2D eigenvalue weighted by Gasteiger charge is 2.57. The highest BCUT2D eigenvalue weighted by molar-refractivity contribution is 7.99. The summed E-state index contributed by atoms with van der Waals surface area (Å²) in [4.78, 5) is 109. The maximum absolute atomic E-state index is 12.6. The Morgan fingerprint density at radius 3 is 1.44 bits per heavy atom. The van der Waals surface area contributed by atoms with Crippen LogP contribution < -0.4 is 5.32 Å². The molecule has 22 heteroatoms. The number of carboxylic acids is 1. The molecule has 2 saturated heterocycles. The Balaban J connectivity index is 2.69. The van der Waals surface area contributed by atoms with Crippen molar-refractivity contribution >= 4 is 65.4 Å². The Hall–Kier alpha value is -4.54. The van der Waals surface area contributed by atoms with Crippen molar-refractivity contribution in [2.75, 3.05) is 19.0 Å². The van der Waals surface area contributed by atoms with Crippen LogP contribution in [0.25, 0.3) is 0 Å². The van der Waals surface area contributed by atoms with E-state index in [2.05, 4.69) is 5.32 Å². The number of rotatable bonds is 17. The molecule has 0 saturated carbocycles. The van der Waals surface area contributed by atoms with E-state index < -0.39 is 133 Å². The molecule has 54 heavy (non-hydrogen) atoms. The summed E-state index contributed by atoms with van der Waals surface area (Å²) in [6.45, 7) is 7.24. The van der Waals surface area contributed by atoms with Gasteiger partial charge in [0.15, 0.2) is 36.8 Å². The molecule has 0 aromatic heterocycles. The SMILES string of the molecule is CC(=O)NC(CCS[C@@H]1O[C@H](COC(C)=O)[C@@H](O[C@H]2O[C@H](COC(C)=O)[C@@H](OC(C)=O)[C@H](OC(C)=O)[C@H]2OC(C)=O)[C@H](OC(C)=O)[C@H]1OC(C)=O)C(=O)O. The van der Waals surface area contributed by atoms with Crippen LogP contribution in [0.2, 0.25) is 0 Å². The van der Waals surface area contributed by atoms with E-state index in [0.29, 0.717) is 0 Å². The first-order valence-corrected chi connectivity index (χ1v) is 17.5. The molecule has 1 unspecified atom stereocenters. The number of carbonyl (C=O) groups is 9. The zero-order valence-corrected chi connectivity index (χ0v) is 31.6. The monoisotopic (exact) mass is 795 g/mol. The third-order valence-corrected chi connectivity index (χ3v) is 8.43. The van der Waals surface area contributed by atoms with E-state index in [4.69, 9.17) is 47.4 Å². The summed E-state index contributed by atoms with van der Waals surface area (Å²) in [5.41, 5.74) is -1.25. The molecule has 0 aliphatic carbocycles. The molecule has 2 N–H and O–H groups in total. The zero-order valence-electron chi connectivity index (χ0n) is 30.8. The van der Waals surface area contributed by atoms with Crippen molar-refractivity contribution in [2.45, 2.75) is 128 Å². The van der Waals surface area contributed by atoms with E-state index in [-0.39, 0.29) is 12.2 Å². The second-order valence-corrected chi connectivity index (χ2v) is 13.1. The van der Waals surface area contributed by atoms with E-state index in [0.717, 1.165) is 67.2 Å². The number of hydrogen-bond acceptors (Lipinski definition) is 20. The first-order chi connectivity index (χ1) is 25.2. The average molecular weight is 796 g/mol. The fourth-order valence-electron chi connectivity index (χ4n) is 5.41. The van der Waals surface area contributed by atoms with Gasteiger partial charge in [-0.25, -0.2) is 4.79 Å². The van der Waals surface area contributed by atoms with Gasteiger partial charge < -0.3 is 57.8 Å². The number of aliphatic carboxylic acids is 1. The number of esters is 7. The number of amides is 1. The number of nitrogens with one attached hydrogen (secondary N) is 1. The molecule has 304 valence electrons. The predicted molar refractivity (Wildman–Crippen MR) is 176 cm³/mol. The summed E-state index contributed by atoms with van der Waals surface area (Å²) in [7, 11) is 0. The topological polar surface area (TPSA) is 278 Å². The normalized spacial score (nSPS) is 28.2. The standard InChI is InChI=1S/C32H45NO20S/c1-13(34)33-21(30(42)43)9-10-54-32-29(50-20(8)41)27(48-18(6)39)25(23(52-32)12-45-15(3)36)53-31-28(49-19(7)40)26(47-17(5)38)24(46-16(4)37)22(51-31)11-44-14(2)35/h21-29,31-32H,9-12H2,1-8H3,(H,33,34)(H,42,43)/t21?,22-,23-,24-,25-,26+,27+,28-,29-,31-,32+/m1/s1. The lowest BCUT2D eigenvalue weighted by molar-refractivity contribution is -0.341. The first kappa shape index (κ1) is 45.6. The Kier molecular flexibility index (Phi) is 18.1. The Bertz CT molecular complexity index is 1410. The van der Waals surface area contributed by atoms with Crippen LogP contribution in [0.15, 0.2) is 0 Å². The number of thioether (sulfide) groups is 1. The van der Waals surface area contributed by atoms with Gasteiger partial charge in [-0.05, 0) is 12.2 Å². The molecule has 0 aromatic carbocycles. The van der Waals surface area contributed by atoms with Crippen molar-refractivity contribution in [3.63, 3.8) is 0 Å². The third-order valence-electron chi connectivity index (χ3n) is 7.25. The fourth-order valence-corrected chi connectivity index (χ4v) is 6.64. The maximum atomic E-state index is 12.6. The van der Waals surface area contributed by atoms with E-state index in [1.807, 2.05) is 0 Å². The van der Waals surface area contributed by atoms with Crippen LogP contribution in [0.3, 0.4) is 0 Å². The molecule has 11 atom stereocenters. The molecule has 2 aliphatic rings. The van der Waals surface area contributed by atoms with Crippen molar-refractivity contribution in [3.8, 4) is 0 Å². The van der Waals surface area contributed by atoms with E-state index in [1.54, 1.807) is 0 Å². The van der Waals surface area contributed by atoms with Gasteiger partial charge in [0.05, 0.1) is 0 Å². The van der Waals surface area contributed by atoms with Crippen LogP contribution in [0.1, 0.15) is 61.8 Å². The van der Waals surface area contributed by atoms with Crippen LogP contribution in [0, 0.1) is 0 Å². The zero-order chi connectivity index (χ0) is 40.9. The summed E-state index contributed by atoms with van der Waals surface area (Å²) in [6.07, 6.45) is -14.5. The van der Waals surface area contributed by atoms with Gasteiger partial charge in [-0.1, -0.05) is 0 Å². The van der Waals surface area contributed by atoms with Crippen LogP contribution in [-0.4, -0.2) is 144 Å². The van der Waals surface area contributed by atoms with Gasteiger partial charge in [-0.2, -0.15) is 0 Å². The number of hydrogen-bond donors (Lipinski definition) is 2. The van der Waals surface area contributed by atoms with Crippen LogP contribution in [0.5, 0.6) is 0 Å². The van der Waals surface area contributed by atoms with Crippen molar-refractivity contribution < 1.29 is 95.6 Å². The molecular weight excluding hydrogens is 750 g/mol. The summed E-state index contributed by atoms with van der Waals surface area (Å²) >= 11 is 0.913.